The molecule has 0 saturated carbocycles. The summed E-state index contributed by atoms with van der Waals surface area (Å²) in [5.74, 6) is -0.117. The Morgan fingerprint density at radius 1 is 1.47 bits per heavy atom. The van der Waals surface area contributed by atoms with Crippen LogP contribution in [0.25, 0.3) is 0 Å². The molecule has 82 valence electrons. The van der Waals surface area contributed by atoms with Gasteiger partial charge in [-0.2, -0.15) is 0 Å². The van der Waals surface area contributed by atoms with Crippen LogP contribution in [-0.2, 0) is 6.42 Å². The highest BCUT2D eigenvalue weighted by Gasteiger charge is 2.22. The topological polar surface area (TPSA) is 3.24 Å². The molecule has 1 fully saturated rings. The van der Waals surface area contributed by atoms with Gasteiger partial charge < -0.3 is 4.90 Å². The maximum atomic E-state index is 13.0. The average molecular weight is 207 g/mol. The second-order valence-electron chi connectivity index (χ2n) is 4.26. The molecule has 0 aromatic heterocycles. The predicted molar refractivity (Wildman–Crippen MR) is 60.4 cm³/mol. The van der Waals surface area contributed by atoms with Crippen LogP contribution in [0.3, 0.4) is 0 Å². The van der Waals surface area contributed by atoms with Crippen molar-refractivity contribution in [3.63, 3.8) is 0 Å². The van der Waals surface area contributed by atoms with E-state index in [-0.39, 0.29) is 5.82 Å². The van der Waals surface area contributed by atoms with E-state index in [4.69, 9.17) is 0 Å². The average Bonchev–Trinajstić information content (AvgIpc) is 2.65. The Labute approximate surface area is 90.9 Å². The zero-order valence-corrected chi connectivity index (χ0v) is 9.25. The number of hydrogen-bond donors (Lipinski definition) is 0. The van der Waals surface area contributed by atoms with Crippen molar-refractivity contribution < 1.29 is 4.39 Å². The zero-order chi connectivity index (χ0) is 10.7. The number of halogens is 1. The molecule has 0 unspecified atom stereocenters. The standard InChI is InChI=1S/C13H18FN/c1-2-15-8-4-7-13(15)10-11-5-3-6-12(14)9-11/h3,5-6,9,13H,2,4,7-8,10H2,1H3/t13-/m0/s1. The molecule has 1 nitrogen and oxygen atoms in total. The highest BCUT2D eigenvalue weighted by atomic mass is 19.1. The lowest BCUT2D eigenvalue weighted by Gasteiger charge is -2.22. The van der Waals surface area contributed by atoms with Crippen LogP contribution in [0, 0.1) is 5.82 Å². The van der Waals surface area contributed by atoms with Crippen LogP contribution in [0.15, 0.2) is 24.3 Å². The van der Waals surface area contributed by atoms with Crippen LogP contribution in [-0.4, -0.2) is 24.0 Å². The van der Waals surface area contributed by atoms with Crippen molar-refractivity contribution in [2.75, 3.05) is 13.1 Å². The Balaban J connectivity index is 2.02. The van der Waals surface area contributed by atoms with Crippen molar-refractivity contribution in [2.24, 2.45) is 0 Å². The Morgan fingerprint density at radius 3 is 3.07 bits per heavy atom. The van der Waals surface area contributed by atoms with Crippen LogP contribution in [0.5, 0.6) is 0 Å². The van der Waals surface area contributed by atoms with Crippen LogP contribution in [0.4, 0.5) is 4.39 Å². The van der Waals surface area contributed by atoms with E-state index in [1.54, 1.807) is 12.1 Å². The fraction of sp³-hybridized carbons (Fsp3) is 0.538. The van der Waals surface area contributed by atoms with Gasteiger partial charge in [0.05, 0.1) is 0 Å². The van der Waals surface area contributed by atoms with Crippen molar-refractivity contribution in [1.82, 2.24) is 4.90 Å². The number of hydrogen-bond acceptors (Lipinski definition) is 1. The molecular formula is C13H18FN. The van der Waals surface area contributed by atoms with Gasteiger partial charge in [0.25, 0.3) is 0 Å². The molecule has 1 aliphatic heterocycles. The van der Waals surface area contributed by atoms with Gasteiger partial charge in [0.15, 0.2) is 0 Å². The summed E-state index contributed by atoms with van der Waals surface area (Å²) in [5.41, 5.74) is 1.13. The highest BCUT2D eigenvalue weighted by molar-refractivity contribution is 5.17. The van der Waals surface area contributed by atoms with E-state index >= 15 is 0 Å². The minimum atomic E-state index is -0.117. The SMILES string of the molecule is CCN1CCC[C@H]1Cc1cccc(F)c1. The molecule has 0 radical (unpaired) electrons. The number of rotatable bonds is 3. The normalized spacial score (nSPS) is 22.1. The van der Waals surface area contributed by atoms with Crippen LogP contribution in [0.1, 0.15) is 25.3 Å². The first-order valence-electron chi connectivity index (χ1n) is 5.78. The van der Waals surface area contributed by atoms with Gasteiger partial charge in [-0.15, -0.1) is 0 Å². The molecule has 0 aliphatic carbocycles. The summed E-state index contributed by atoms with van der Waals surface area (Å²) < 4.78 is 13.0. The monoisotopic (exact) mass is 207 g/mol. The van der Waals surface area contributed by atoms with Crippen LogP contribution < -0.4 is 0 Å². The summed E-state index contributed by atoms with van der Waals surface area (Å²) in [6, 6.07) is 7.62. The molecule has 1 aliphatic rings. The minimum Gasteiger partial charge on any atom is -0.300 e. The fourth-order valence-electron chi connectivity index (χ4n) is 2.48. The van der Waals surface area contributed by atoms with Gasteiger partial charge in [-0.3, -0.25) is 0 Å². The summed E-state index contributed by atoms with van der Waals surface area (Å²) in [4.78, 5) is 2.49. The van der Waals surface area contributed by atoms with E-state index < -0.39 is 0 Å². The van der Waals surface area contributed by atoms with Crippen molar-refractivity contribution in [2.45, 2.75) is 32.2 Å². The summed E-state index contributed by atoms with van der Waals surface area (Å²) >= 11 is 0. The molecule has 0 amide bonds. The molecule has 1 heterocycles. The van der Waals surface area contributed by atoms with Crippen molar-refractivity contribution in [1.29, 1.82) is 0 Å². The Hall–Kier alpha value is -0.890. The second kappa shape index (κ2) is 4.75. The Morgan fingerprint density at radius 2 is 2.33 bits per heavy atom. The lowest BCUT2D eigenvalue weighted by Crippen LogP contribution is -2.30. The van der Waals surface area contributed by atoms with Crippen molar-refractivity contribution in [3.05, 3.63) is 35.6 Å². The number of likely N-dealkylation sites (N-methyl/N-ethyl adjacent to an activating group) is 1. The quantitative estimate of drug-likeness (QED) is 0.736. The molecule has 2 heteroatoms. The van der Waals surface area contributed by atoms with E-state index in [9.17, 15) is 4.39 Å². The predicted octanol–water partition coefficient (Wildman–Crippen LogP) is 2.85. The maximum Gasteiger partial charge on any atom is 0.123 e. The molecule has 0 spiro atoms. The number of benzene rings is 1. The third-order valence-electron chi connectivity index (χ3n) is 3.27. The molecule has 1 atom stereocenters. The first-order chi connectivity index (χ1) is 7.29. The molecular weight excluding hydrogens is 189 g/mol. The molecule has 0 N–H and O–H groups in total. The summed E-state index contributed by atoms with van der Waals surface area (Å²) in [6.07, 6.45) is 3.53. The van der Waals surface area contributed by atoms with Crippen LogP contribution in [0.2, 0.25) is 0 Å². The molecule has 1 saturated heterocycles. The van der Waals surface area contributed by atoms with E-state index in [0.717, 1.165) is 18.5 Å². The van der Waals surface area contributed by atoms with E-state index in [2.05, 4.69) is 11.8 Å². The van der Waals surface area contributed by atoms with E-state index in [0.29, 0.717) is 6.04 Å². The van der Waals surface area contributed by atoms with Gasteiger partial charge in [0, 0.05) is 6.04 Å². The number of nitrogens with zero attached hydrogens (tertiary/aromatic N) is 1. The van der Waals surface area contributed by atoms with Gasteiger partial charge in [-0.25, -0.2) is 4.39 Å². The largest absolute Gasteiger partial charge is 0.300 e. The summed E-state index contributed by atoms with van der Waals surface area (Å²) in [6.45, 7) is 4.51. The Kier molecular flexibility index (Phi) is 3.37. The van der Waals surface area contributed by atoms with Crippen molar-refractivity contribution >= 4 is 0 Å². The minimum absolute atomic E-state index is 0.117. The second-order valence-corrected chi connectivity index (χ2v) is 4.26. The van der Waals surface area contributed by atoms with Crippen molar-refractivity contribution in [3.8, 4) is 0 Å². The smallest absolute Gasteiger partial charge is 0.123 e. The summed E-state index contributed by atoms with van der Waals surface area (Å²) in [7, 11) is 0. The lowest BCUT2D eigenvalue weighted by atomic mass is 10.0. The third-order valence-corrected chi connectivity index (χ3v) is 3.27. The van der Waals surface area contributed by atoms with Gasteiger partial charge in [0.2, 0.25) is 0 Å². The molecule has 1 aromatic carbocycles. The fourth-order valence-corrected chi connectivity index (χ4v) is 2.48. The van der Waals surface area contributed by atoms with Gasteiger partial charge in [-0.05, 0) is 50.0 Å². The van der Waals surface area contributed by atoms with Gasteiger partial charge >= 0.3 is 0 Å². The highest BCUT2D eigenvalue weighted by Crippen LogP contribution is 2.20. The first kappa shape index (κ1) is 10.6. The van der Waals surface area contributed by atoms with Crippen LogP contribution >= 0.6 is 0 Å². The molecule has 1 aromatic rings. The summed E-state index contributed by atoms with van der Waals surface area (Å²) in [5, 5.41) is 0. The molecule has 2 rings (SSSR count). The third kappa shape index (κ3) is 2.57. The van der Waals surface area contributed by atoms with E-state index in [1.807, 2.05) is 6.07 Å². The van der Waals surface area contributed by atoms with Gasteiger partial charge in [0.1, 0.15) is 5.82 Å². The lowest BCUT2D eigenvalue weighted by molar-refractivity contribution is 0.266. The molecule has 0 bridgehead atoms. The number of likely N-dealkylation sites (tertiary alicyclic amines) is 1. The zero-order valence-electron chi connectivity index (χ0n) is 9.25. The molecule has 15 heavy (non-hydrogen) atoms. The first-order valence-corrected chi connectivity index (χ1v) is 5.78. The Bertz CT molecular complexity index is 324. The van der Waals surface area contributed by atoms with E-state index in [1.165, 1.54) is 25.5 Å². The van der Waals surface area contributed by atoms with Gasteiger partial charge in [-0.1, -0.05) is 19.1 Å². The maximum absolute atomic E-state index is 13.0.